The van der Waals surface area contributed by atoms with E-state index in [0.717, 1.165) is 17.9 Å². The van der Waals surface area contributed by atoms with Gasteiger partial charge >= 0.3 is 0 Å². The zero-order valence-corrected chi connectivity index (χ0v) is 10.7. The molecular weight excluding hydrogens is 190 g/mol. The van der Waals surface area contributed by atoms with Crippen LogP contribution in [0, 0.1) is 11.8 Å². The van der Waals surface area contributed by atoms with Gasteiger partial charge in [-0.2, -0.15) is 11.8 Å². The standard InChI is InChI=1S/C12H25NS/c1-4-11-6-7-12(10(11)3)13-8-9-14-5-2/h10-13H,4-9H2,1-3H3. The first-order valence-corrected chi connectivity index (χ1v) is 7.26. The van der Waals surface area contributed by atoms with E-state index in [0.29, 0.717) is 0 Å². The molecule has 1 nitrogen and oxygen atoms in total. The first-order chi connectivity index (χ1) is 6.79. The summed E-state index contributed by atoms with van der Waals surface area (Å²) in [6.07, 6.45) is 4.20. The van der Waals surface area contributed by atoms with Gasteiger partial charge in [0.15, 0.2) is 0 Å². The molecule has 84 valence electrons. The van der Waals surface area contributed by atoms with Crippen LogP contribution in [0.5, 0.6) is 0 Å². The molecule has 0 heterocycles. The van der Waals surface area contributed by atoms with Gasteiger partial charge < -0.3 is 5.32 Å². The minimum absolute atomic E-state index is 0.803. The molecule has 0 aromatic carbocycles. The Kier molecular flexibility index (Phi) is 5.95. The molecule has 1 rings (SSSR count). The van der Waals surface area contributed by atoms with Gasteiger partial charge in [-0.05, 0) is 30.4 Å². The van der Waals surface area contributed by atoms with Crippen LogP contribution in [0.25, 0.3) is 0 Å². The smallest absolute Gasteiger partial charge is 0.00957 e. The summed E-state index contributed by atoms with van der Waals surface area (Å²) in [5.41, 5.74) is 0. The van der Waals surface area contributed by atoms with E-state index in [1.54, 1.807) is 0 Å². The molecule has 3 unspecified atom stereocenters. The summed E-state index contributed by atoms with van der Waals surface area (Å²) in [6, 6.07) is 0.803. The highest BCUT2D eigenvalue weighted by atomic mass is 32.2. The van der Waals surface area contributed by atoms with Gasteiger partial charge in [0.1, 0.15) is 0 Å². The number of nitrogens with one attached hydrogen (secondary N) is 1. The molecule has 2 heteroatoms. The molecule has 0 aromatic rings. The van der Waals surface area contributed by atoms with Crippen LogP contribution in [0.15, 0.2) is 0 Å². The van der Waals surface area contributed by atoms with Crippen LogP contribution in [0.1, 0.15) is 40.0 Å². The van der Waals surface area contributed by atoms with Gasteiger partial charge in [0.25, 0.3) is 0 Å². The lowest BCUT2D eigenvalue weighted by molar-refractivity contribution is 0.350. The Morgan fingerprint density at radius 1 is 1.29 bits per heavy atom. The van der Waals surface area contributed by atoms with Gasteiger partial charge in [0.05, 0.1) is 0 Å². The molecule has 1 fully saturated rings. The van der Waals surface area contributed by atoms with E-state index in [2.05, 4.69) is 26.1 Å². The van der Waals surface area contributed by atoms with Crippen molar-refractivity contribution in [1.82, 2.24) is 5.32 Å². The maximum atomic E-state index is 3.71. The molecule has 1 aliphatic rings. The second-order valence-electron chi connectivity index (χ2n) is 4.36. The van der Waals surface area contributed by atoms with Gasteiger partial charge in [-0.25, -0.2) is 0 Å². The van der Waals surface area contributed by atoms with Crippen molar-refractivity contribution in [1.29, 1.82) is 0 Å². The highest BCUT2D eigenvalue weighted by Gasteiger charge is 2.30. The predicted molar refractivity (Wildman–Crippen MR) is 67.0 cm³/mol. The second-order valence-corrected chi connectivity index (χ2v) is 5.76. The van der Waals surface area contributed by atoms with E-state index in [9.17, 15) is 0 Å². The van der Waals surface area contributed by atoms with Crippen molar-refractivity contribution >= 4 is 11.8 Å². The molecule has 0 amide bonds. The predicted octanol–water partition coefficient (Wildman–Crippen LogP) is 3.15. The largest absolute Gasteiger partial charge is 0.313 e. The summed E-state index contributed by atoms with van der Waals surface area (Å²) in [5.74, 6) is 4.40. The maximum Gasteiger partial charge on any atom is 0.00957 e. The minimum atomic E-state index is 0.803. The number of hydrogen-bond donors (Lipinski definition) is 1. The van der Waals surface area contributed by atoms with E-state index in [1.807, 2.05) is 11.8 Å². The zero-order chi connectivity index (χ0) is 10.4. The van der Waals surface area contributed by atoms with E-state index >= 15 is 0 Å². The van der Waals surface area contributed by atoms with Crippen molar-refractivity contribution in [3.63, 3.8) is 0 Å². The second kappa shape index (κ2) is 6.73. The summed E-state index contributed by atoms with van der Waals surface area (Å²) >= 11 is 2.04. The summed E-state index contributed by atoms with van der Waals surface area (Å²) in [4.78, 5) is 0. The highest BCUT2D eigenvalue weighted by Crippen LogP contribution is 2.33. The average molecular weight is 215 g/mol. The Bertz CT molecular complexity index is 149. The molecule has 0 spiro atoms. The van der Waals surface area contributed by atoms with Crippen LogP contribution in [-0.4, -0.2) is 24.1 Å². The van der Waals surface area contributed by atoms with E-state index < -0.39 is 0 Å². The molecule has 0 aromatic heterocycles. The summed E-state index contributed by atoms with van der Waals surface area (Å²) in [5, 5.41) is 3.71. The molecule has 0 radical (unpaired) electrons. The van der Waals surface area contributed by atoms with Crippen LogP contribution in [0.2, 0.25) is 0 Å². The molecule has 3 atom stereocenters. The van der Waals surface area contributed by atoms with Crippen LogP contribution >= 0.6 is 11.8 Å². The summed E-state index contributed by atoms with van der Waals surface area (Å²) in [7, 11) is 0. The summed E-state index contributed by atoms with van der Waals surface area (Å²) in [6.45, 7) is 8.18. The quantitative estimate of drug-likeness (QED) is 0.683. The van der Waals surface area contributed by atoms with Gasteiger partial charge in [-0.3, -0.25) is 0 Å². The fraction of sp³-hybridized carbons (Fsp3) is 1.00. The van der Waals surface area contributed by atoms with Crippen molar-refractivity contribution in [2.24, 2.45) is 11.8 Å². The van der Waals surface area contributed by atoms with Crippen molar-refractivity contribution in [3.8, 4) is 0 Å². The van der Waals surface area contributed by atoms with Gasteiger partial charge in [0.2, 0.25) is 0 Å². The molecule has 14 heavy (non-hydrogen) atoms. The Morgan fingerprint density at radius 3 is 2.64 bits per heavy atom. The van der Waals surface area contributed by atoms with Gasteiger partial charge in [-0.1, -0.05) is 27.2 Å². The third-order valence-corrected chi connectivity index (χ3v) is 4.51. The normalized spacial score (nSPS) is 32.4. The topological polar surface area (TPSA) is 12.0 Å². The molecule has 0 saturated heterocycles. The third-order valence-electron chi connectivity index (χ3n) is 3.61. The molecular formula is C12H25NS. The average Bonchev–Trinajstić information content (AvgIpc) is 2.55. The van der Waals surface area contributed by atoms with Crippen LogP contribution in [-0.2, 0) is 0 Å². The van der Waals surface area contributed by atoms with Gasteiger partial charge in [-0.15, -0.1) is 0 Å². The van der Waals surface area contributed by atoms with E-state index in [1.165, 1.54) is 37.3 Å². The van der Waals surface area contributed by atoms with Crippen molar-refractivity contribution in [2.45, 2.75) is 46.1 Å². The Hall–Kier alpha value is 0.310. The minimum Gasteiger partial charge on any atom is -0.313 e. The summed E-state index contributed by atoms with van der Waals surface area (Å²) < 4.78 is 0. The van der Waals surface area contributed by atoms with Crippen LogP contribution in [0.3, 0.4) is 0 Å². The highest BCUT2D eigenvalue weighted by molar-refractivity contribution is 7.99. The number of hydrogen-bond acceptors (Lipinski definition) is 2. The monoisotopic (exact) mass is 215 g/mol. The Morgan fingerprint density at radius 2 is 2.07 bits per heavy atom. The lowest BCUT2D eigenvalue weighted by atomic mass is 9.93. The fourth-order valence-electron chi connectivity index (χ4n) is 2.57. The molecule has 0 bridgehead atoms. The van der Waals surface area contributed by atoms with Crippen molar-refractivity contribution < 1.29 is 0 Å². The van der Waals surface area contributed by atoms with Gasteiger partial charge in [0, 0.05) is 18.3 Å². The first-order valence-electron chi connectivity index (χ1n) is 6.10. The Balaban J connectivity index is 2.13. The molecule has 1 N–H and O–H groups in total. The number of rotatable bonds is 6. The van der Waals surface area contributed by atoms with E-state index in [-0.39, 0.29) is 0 Å². The van der Waals surface area contributed by atoms with Crippen molar-refractivity contribution in [2.75, 3.05) is 18.1 Å². The van der Waals surface area contributed by atoms with E-state index in [4.69, 9.17) is 0 Å². The first kappa shape index (κ1) is 12.4. The lowest BCUT2D eigenvalue weighted by Gasteiger charge is -2.20. The van der Waals surface area contributed by atoms with Crippen LogP contribution < -0.4 is 5.32 Å². The maximum absolute atomic E-state index is 3.71. The van der Waals surface area contributed by atoms with Crippen molar-refractivity contribution in [3.05, 3.63) is 0 Å². The van der Waals surface area contributed by atoms with Crippen LogP contribution in [0.4, 0.5) is 0 Å². The Labute approximate surface area is 93.4 Å². The SMILES string of the molecule is CCSCCNC1CCC(CC)C1C. The lowest BCUT2D eigenvalue weighted by Crippen LogP contribution is -2.34. The molecule has 1 aliphatic carbocycles. The molecule has 1 saturated carbocycles. The zero-order valence-electron chi connectivity index (χ0n) is 9.88. The third kappa shape index (κ3) is 3.47. The number of thioether (sulfide) groups is 1. The molecule has 0 aliphatic heterocycles. The fourth-order valence-corrected chi connectivity index (χ4v) is 3.12.